The van der Waals surface area contributed by atoms with Crippen LogP contribution in [0.3, 0.4) is 0 Å². The average molecular weight is 388 g/mol. The van der Waals surface area contributed by atoms with Crippen molar-refractivity contribution in [1.82, 2.24) is 9.55 Å². The molecule has 0 saturated heterocycles. The molecule has 0 spiro atoms. The molecule has 0 unspecified atom stereocenters. The van der Waals surface area contributed by atoms with Crippen molar-refractivity contribution in [3.8, 4) is 0 Å². The predicted molar refractivity (Wildman–Crippen MR) is 103 cm³/mol. The van der Waals surface area contributed by atoms with Crippen LogP contribution in [-0.2, 0) is 22.4 Å². The Morgan fingerprint density at radius 3 is 2.74 bits per heavy atom. The molecule has 2 aromatic rings. The summed E-state index contributed by atoms with van der Waals surface area (Å²) >= 11 is 1.25. The van der Waals surface area contributed by atoms with Crippen molar-refractivity contribution in [2.24, 2.45) is 5.92 Å². The Hall–Kier alpha value is -2.28. The van der Waals surface area contributed by atoms with Gasteiger partial charge >= 0.3 is 5.97 Å². The average Bonchev–Trinajstić information content (AvgIpc) is 3.26. The van der Waals surface area contributed by atoms with E-state index in [1.165, 1.54) is 36.4 Å². The Balaban J connectivity index is 1.81. The Bertz CT molecular complexity index is 880. The minimum atomic E-state index is -0.915. The number of Topliss-reactive ketones (excluding diaryl/α,β-unsaturated/α-hetero) is 1. The van der Waals surface area contributed by atoms with Gasteiger partial charge in [-0.1, -0.05) is 31.7 Å². The molecule has 2 heterocycles. The second-order valence-electron chi connectivity index (χ2n) is 7.29. The van der Waals surface area contributed by atoms with E-state index in [-0.39, 0.29) is 24.2 Å². The van der Waals surface area contributed by atoms with E-state index in [1.807, 2.05) is 6.92 Å². The first-order valence-electron chi connectivity index (χ1n) is 9.29. The molecule has 2 aromatic heterocycles. The molecule has 1 atom stereocenters. The van der Waals surface area contributed by atoms with E-state index < -0.39 is 12.0 Å². The van der Waals surface area contributed by atoms with Crippen molar-refractivity contribution in [3.63, 3.8) is 0 Å². The van der Waals surface area contributed by atoms with E-state index >= 15 is 0 Å². The Kier molecular flexibility index (Phi) is 6.21. The lowest BCUT2D eigenvalue weighted by atomic mass is 9.94. The highest BCUT2D eigenvalue weighted by atomic mass is 32.1. The van der Waals surface area contributed by atoms with Gasteiger partial charge in [-0.3, -0.25) is 14.4 Å². The van der Waals surface area contributed by atoms with Crippen LogP contribution in [0.4, 0.5) is 0 Å². The third kappa shape index (κ3) is 5.13. The number of carboxylic acids is 1. The third-order valence-electron chi connectivity index (χ3n) is 5.08. The van der Waals surface area contributed by atoms with Crippen LogP contribution in [-0.4, -0.2) is 26.4 Å². The molecule has 0 radical (unpaired) electrons. The number of hydrogen-bond donors (Lipinski definition) is 1. The van der Waals surface area contributed by atoms with Crippen LogP contribution >= 0.6 is 11.3 Å². The van der Waals surface area contributed by atoms with E-state index in [1.54, 1.807) is 16.8 Å². The van der Waals surface area contributed by atoms with Gasteiger partial charge in [-0.15, -0.1) is 11.3 Å². The molecule has 0 aromatic carbocycles. The summed E-state index contributed by atoms with van der Waals surface area (Å²) in [5.41, 5.74) is 0.777. The minimum Gasteiger partial charge on any atom is -0.481 e. The van der Waals surface area contributed by atoms with Gasteiger partial charge < -0.3 is 9.67 Å². The predicted octanol–water partition coefficient (Wildman–Crippen LogP) is 3.17. The van der Waals surface area contributed by atoms with Crippen LogP contribution in [0, 0.1) is 12.8 Å². The van der Waals surface area contributed by atoms with Gasteiger partial charge in [0, 0.05) is 23.3 Å². The molecule has 3 rings (SSSR count). The number of nitrogens with zero attached hydrogens (tertiary/aromatic N) is 2. The minimum absolute atomic E-state index is 0.0363. The van der Waals surface area contributed by atoms with Gasteiger partial charge in [0.15, 0.2) is 5.78 Å². The molecule has 0 aliphatic heterocycles. The largest absolute Gasteiger partial charge is 0.481 e. The first kappa shape index (κ1) is 19.5. The number of carboxylic acid groups (broad SMARTS) is 1. The van der Waals surface area contributed by atoms with Crippen molar-refractivity contribution in [1.29, 1.82) is 0 Å². The number of ketones is 1. The number of rotatable bonds is 8. The maximum atomic E-state index is 13.1. The molecule has 27 heavy (non-hydrogen) atoms. The van der Waals surface area contributed by atoms with Gasteiger partial charge in [0.1, 0.15) is 5.01 Å². The standard InChI is InChI=1S/C20H24N2O4S/c1-13-6-7-19(24)22(12-13)16(8-14-4-2-3-5-14)17(23)10-18-21-11-15(27-18)9-20(25)26/h6-7,11-12,14,16H,2-5,8-10H2,1H3,(H,25,26)/t16-/m0/s1. The molecule has 1 aliphatic rings. The zero-order valence-electron chi connectivity index (χ0n) is 15.4. The molecule has 1 saturated carbocycles. The lowest BCUT2D eigenvalue weighted by Crippen LogP contribution is -2.31. The van der Waals surface area contributed by atoms with Crippen LogP contribution in [0.1, 0.15) is 53.6 Å². The Labute approximate surface area is 161 Å². The van der Waals surface area contributed by atoms with Crippen LogP contribution < -0.4 is 5.56 Å². The van der Waals surface area contributed by atoms with Gasteiger partial charge in [0.2, 0.25) is 0 Å². The van der Waals surface area contributed by atoms with Gasteiger partial charge in [0.25, 0.3) is 5.56 Å². The highest BCUT2D eigenvalue weighted by Gasteiger charge is 2.28. The van der Waals surface area contributed by atoms with Crippen molar-refractivity contribution in [3.05, 3.63) is 50.3 Å². The summed E-state index contributed by atoms with van der Waals surface area (Å²) in [6, 6.07) is 2.78. The van der Waals surface area contributed by atoms with Crippen molar-refractivity contribution in [2.75, 3.05) is 0 Å². The second kappa shape index (κ2) is 8.61. The number of hydrogen-bond acceptors (Lipinski definition) is 5. The highest BCUT2D eigenvalue weighted by Crippen LogP contribution is 2.32. The van der Waals surface area contributed by atoms with Gasteiger partial charge in [-0.05, 0) is 24.8 Å². The molecule has 144 valence electrons. The van der Waals surface area contributed by atoms with E-state index in [0.29, 0.717) is 22.2 Å². The summed E-state index contributed by atoms with van der Waals surface area (Å²) in [6.07, 6.45) is 8.56. The summed E-state index contributed by atoms with van der Waals surface area (Å²) in [7, 11) is 0. The maximum Gasteiger partial charge on any atom is 0.308 e. The number of carbonyl (C=O) groups is 2. The summed E-state index contributed by atoms with van der Waals surface area (Å²) in [5.74, 6) is -0.488. The molecular weight excluding hydrogens is 364 g/mol. The Morgan fingerprint density at radius 2 is 2.04 bits per heavy atom. The molecule has 0 amide bonds. The normalized spacial score (nSPS) is 15.7. The molecule has 1 fully saturated rings. The van der Waals surface area contributed by atoms with E-state index in [4.69, 9.17) is 5.11 Å². The molecular formula is C20H24N2O4S. The number of aromatic nitrogens is 2. The van der Waals surface area contributed by atoms with Crippen LogP contribution in [0.5, 0.6) is 0 Å². The molecule has 1 aliphatic carbocycles. The van der Waals surface area contributed by atoms with E-state index in [2.05, 4.69) is 4.98 Å². The number of thiazole rings is 1. The fourth-order valence-corrected chi connectivity index (χ4v) is 4.67. The molecule has 7 heteroatoms. The van der Waals surface area contributed by atoms with Crippen LogP contribution in [0.25, 0.3) is 0 Å². The zero-order valence-corrected chi connectivity index (χ0v) is 16.2. The summed E-state index contributed by atoms with van der Waals surface area (Å²) < 4.78 is 1.57. The van der Waals surface area contributed by atoms with Crippen LogP contribution in [0.2, 0.25) is 0 Å². The van der Waals surface area contributed by atoms with Crippen molar-refractivity contribution < 1.29 is 14.7 Å². The monoisotopic (exact) mass is 388 g/mol. The SMILES string of the molecule is Cc1ccc(=O)n([C@@H](CC2CCCC2)C(=O)Cc2ncc(CC(=O)O)s2)c1. The van der Waals surface area contributed by atoms with Gasteiger partial charge in [-0.2, -0.15) is 0 Å². The molecule has 6 nitrogen and oxygen atoms in total. The summed E-state index contributed by atoms with van der Waals surface area (Å²) in [5, 5.41) is 9.49. The maximum absolute atomic E-state index is 13.1. The lowest BCUT2D eigenvalue weighted by Gasteiger charge is -2.22. The Morgan fingerprint density at radius 1 is 1.30 bits per heavy atom. The number of aliphatic carboxylic acids is 1. The van der Waals surface area contributed by atoms with Crippen molar-refractivity contribution in [2.45, 2.75) is 57.9 Å². The topological polar surface area (TPSA) is 89.3 Å². The van der Waals surface area contributed by atoms with Crippen molar-refractivity contribution >= 4 is 23.1 Å². The number of aryl methyl sites for hydroxylation is 1. The smallest absolute Gasteiger partial charge is 0.308 e. The van der Waals surface area contributed by atoms with E-state index in [0.717, 1.165) is 18.4 Å². The first-order valence-corrected chi connectivity index (χ1v) is 10.1. The van der Waals surface area contributed by atoms with Gasteiger partial charge in [-0.25, -0.2) is 4.98 Å². The fraction of sp³-hybridized carbons (Fsp3) is 0.500. The van der Waals surface area contributed by atoms with Gasteiger partial charge in [0.05, 0.1) is 18.9 Å². The third-order valence-corrected chi connectivity index (χ3v) is 6.07. The number of pyridine rings is 1. The van der Waals surface area contributed by atoms with Crippen LogP contribution in [0.15, 0.2) is 29.3 Å². The summed E-state index contributed by atoms with van der Waals surface area (Å²) in [4.78, 5) is 41.2. The first-order chi connectivity index (χ1) is 12.9. The zero-order chi connectivity index (χ0) is 19.4. The van der Waals surface area contributed by atoms with E-state index in [9.17, 15) is 14.4 Å². The molecule has 1 N–H and O–H groups in total. The molecule has 0 bridgehead atoms. The lowest BCUT2D eigenvalue weighted by molar-refractivity contribution is -0.136. The highest BCUT2D eigenvalue weighted by molar-refractivity contribution is 7.11. The number of carbonyl (C=O) groups excluding carboxylic acids is 1. The summed E-state index contributed by atoms with van der Waals surface area (Å²) in [6.45, 7) is 1.91. The quantitative estimate of drug-likeness (QED) is 0.750. The second-order valence-corrected chi connectivity index (χ2v) is 8.49. The fourth-order valence-electron chi connectivity index (χ4n) is 3.75.